The maximum Gasteiger partial charge on any atom is 0.328 e. The summed E-state index contributed by atoms with van der Waals surface area (Å²) < 4.78 is 1.42. The van der Waals surface area contributed by atoms with Crippen LogP contribution in [0.15, 0.2) is 6.20 Å². The van der Waals surface area contributed by atoms with Crippen LogP contribution < -0.4 is 0 Å². The van der Waals surface area contributed by atoms with Crippen LogP contribution in [0, 0.1) is 6.92 Å². The summed E-state index contributed by atoms with van der Waals surface area (Å²) in [7, 11) is 0. The SMILES string of the molecule is CCC(C(=O)O)n1nncc1C. The van der Waals surface area contributed by atoms with Gasteiger partial charge in [0.1, 0.15) is 0 Å². The Labute approximate surface area is 70.0 Å². The lowest BCUT2D eigenvalue weighted by Gasteiger charge is -2.10. The standard InChI is InChI=1S/C7H11N3O2/c1-3-6(7(11)12)10-5(2)4-8-9-10/h4,6H,3H2,1-2H3,(H,11,12). The Morgan fingerprint density at radius 3 is 2.83 bits per heavy atom. The number of aliphatic carboxylic acids is 1. The van der Waals surface area contributed by atoms with Gasteiger partial charge >= 0.3 is 5.97 Å². The third-order valence-electron chi connectivity index (χ3n) is 1.72. The van der Waals surface area contributed by atoms with Gasteiger partial charge in [0.25, 0.3) is 0 Å². The second kappa shape index (κ2) is 3.34. The van der Waals surface area contributed by atoms with Crippen molar-refractivity contribution in [3.05, 3.63) is 11.9 Å². The number of nitrogens with zero attached hydrogens (tertiary/aromatic N) is 3. The smallest absolute Gasteiger partial charge is 0.328 e. The van der Waals surface area contributed by atoms with Crippen molar-refractivity contribution in [2.24, 2.45) is 0 Å². The molecule has 1 aromatic heterocycles. The van der Waals surface area contributed by atoms with Crippen LogP contribution in [0.4, 0.5) is 0 Å². The predicted molar refractivity (Wildman–Crippen MR) is 41.7 cm³/mol. The largest absolute Gasteiger partial charge is 0.480 e. The minimum Gasteiger partial charge on any atom is -0.480 e. The van der Waals surface area contributed by atoms with Crippen LogP contribution in [0.5, 0.6) is 0 Å². The molecule has 0 fully saturated rings. The van der Waals surface area contributed by atoms with E-state index in [-0.39, 0.29) is 0 Å². The average molecular weight is 169 g/mol. The number of aromatic nitrogens is 3. The van der Waals surface area contributed by atoms with E-state index in [9.17, 15) is 4.79 Å². The van der Waals surface area contributed by atoms with E-state index in [1.165, 1.54) is 4.68 Å². The van der Waals surface area contributed by atoms with Crippen LogP contribution in [0.25, 0.3) is 0 Å². The molecule has 0 saturated carbocycles. The van der Waals surface area contributed by atoms with Gasteiger partial charge in [-0.1, -0.05) is 12.1 Å². The summed E-state index contributed by atoms with van der Waals surface area (Å²) in [6.45, 7) is 3.59. The Morgan fingerprint density at radius 2 is 2.50 bits per heavy atom. The average Bonchev–Trinajstić information content (AvgIpc) is 2.38. The number of hydrogen-bond acceptors (Lipinski definition) is 3. The highest BCUT2D eigenvalue weighted by Crippen LogP contribution is 2.11. The van der Waals surface area contributed by atoms with Crippen LogP contribution in [0.2, 0.25) is 0 Å². The van der Waals surface area contributed by atoms with Gasteiger partial charge in [0, 0.05) is 0 Å². The minimum atomic E-state index is -0.869. The topological polar surface area (TPSA) is 68.0 Å². The fourth-order valence-corrected chi connectivity index (χ4v) is 1.06. The van der Waals surface area contributed by atoms with Gasteiger partial charge in [0.2, 0.25) is 0 Å². The summed E-state index contributed by atoms with van der Waals surface area (Å²) in [6.07, 6.45) is 2.06. The predicted octanol–water partition coefficient (Wildman–Crippen LogP) is 0.622. The van der Waals surface area contributed by atoms with Crippen LogP contribution in [0.3, 0.4) is 0 Å². The number of carboxylic acid groups (broad SMARTS) is 1. The molecule has 0 amide bonds. The van der Waals surface area contributed by atoms with Crippen LogP contribution in [0.1, 0.15) is 25.1 Å². The van der Waals surface area contributed by atoms with Gasteiger partial charge in [-0.15, -0.1) is 5.10 Å². The van der Waals surface area contributed by atoms with E-state index in [0.29, 0.717) is 6.42 Å². The van der Waals surface area contributed by atoms with Crippen molar-refractivity contribution in [3.8, 4) is 0 Å². The van der Waals surface area contributed by atoms with Gasteiger partial charge in [-0.05, 0) is 13.3 Å². The molecule has 0 spiro atoms. The summed E-state index contributed by atoms with van der Waals surface area (Å²) in [5.41, 5.74) is 0.768. The first-order valence-corrected chi connectivity index (χ1v) is 3.76. The molecule has 66 valence electrons. The highest BCUT2D eigenvalue weighted by atomic mass is 16.4. The lowest BCUT2D eigenvalue weighted by atomic mass is 10.2. The highest BCUT2D eigenvalue weighted by molar-refractivity contribution is 5.71. The molecule has 0 aromatic carbocycles. The van der Waals surface area contributed by atoms with E-state index >= 15 is 0 Å². The Balaban J connectivity index is 2.94. The molecule has 0 radical (unpaired) electrons. The molecule has 1 aromatic rings. The Bertz CT molecular complexity index is 282. The van der Waals surface area contributed by atoms with Crippen molar-refractivity contribution in [2.45, 2.75) is 26.3 Å². The van der Waals surface area contributed by atoms with Gasteiger partial charge in [-0.3, -0.25) is 0 Å². The van der Waals surface area contributed by atoms with E-state index in [0.717, 1.165) is 5.69 Å². The monoisotopic (exact) mass is 169 g/mol. The zero-order valence-corrected chi connectivity index (χ0v) is 7.06. The normalized spacial score (nSPS) is 12.8. The molecule has 1 unspecified atom stereocenters. The quantitative estimate of drug-likeness (QED) is 0.720. The molecule has 0 bridgehead atoms. The van der Waals surface area contributed by atoms with Crippen LogP contribution >= 0.6 is 0 Å². The summed E-state index contributed by atoms with van der Waals surface area (Å²) in [5, 5.41) is 16.1. The summed E-state index contributed by atoms with van der Waals surface area (Å²) >= 11 is 0. The fraction of sp³-hybridized carbons (Fsp3) is 0.571. The molecule has 1 rings (SSSR count). The molecule has 0 aliphatic heterocycles. The van der Waals surface area contributed by atoms with Crippen molar-refractivity contribution >= 4 is 5.97 Å². The Hall–Kier alpha value is -1.39. The number of aryl methyl sites for hydroxylation is 1. The molecule has 1 heterocycles. The first kappa shape index (κ1) is 8.70. The van der Waals surface area contributed by atoms with Crippen molar-refractivity contribution in [3.63, 3.8) is 0 Å². The number of carboxylic acids is 1. The van der Waals surface area contributed by atoms with Crippen LogP contribution in [-0.2, 0) is 4.79 Å². The fourth-order valence-electron chi connectivity index (χ4n) is 1.06. The first-order valence-electron chi connectivity index (χ1n) is 3.76. The van der Waals surface area contributed by atoms with E-state index in [1.807, 2.05) is 0 Å². The van der Waals surface area contributed by atoms with Crippen molar-refractivity contribution < 1.29 is 9.90 Å². The molecule has 12 heavy (non-hydrogen) atoms. The maximum atomic E-state index is 10.7. The number of hydrogen-bond donors (Lipinski definition) is 1. The summed E-state index contributed by atoms with van der Waals surface area (Å²) in [5.74, 6) is -0.869. The molecule has 1 N–H and O–H groups in total. The molecule has 1 atom stereocenters. The highest BCUT2D eigenvalue weighted by Gasteiger charge is 2.19. The lowest BCUT2D eigenvalue weighted by Crippen LogP contribution is -2.20. The van der Waals surface area contributed by atoms with E-state index in [2.05, 4.69) is 10.3 Å². The molecule has 0 aliphatic rings. The third kappa shape index (κ3) is 1.44. The molecular formula is C7H11N3O2. The molecule has 5 nitrogen and oxygen atoms in total. The van der Waals surface area contributed by atoms with Crippen LogP contribution in [-0.4, -0.2) is 26.1 Å². The van der Waals surface area contributed by atoms with Crippen molar-refractivity contribution in [1.82, 2.24) is 15.0 Å². The third-order valence-corrected chi connectivity index (χ3v) is 1.72. The Kier molecular flexibility index (Phi) is 2.42. The maximum absolute atomic E-state index is 10.7. The van der Waals surface area contributed by atoms with Gasteiger partial charge in [0.15, 0.2) is 6.04 Å². The zero-order chi connectivity index (χ0) is 9.14. The Morgan fingerprint density at radius 1 is 1.83 bits per heavy atom. The van der Waals surface area contributed by atoms with Gasteiger partial charge < -0.3 is 5.11 Å². The molecule has 5 heteroatoms. The number of carbonyl (C=O) groups is 1. The first-order chi connectivity index (χ1) is 5.66. The second-order valence-electron chi connectivity index (χ2n) is 2.58. The van der Waals surface area contributed by atoms with Gasteiger partial charge in [0.05, 0.1) is 11.9 Å². The molecule has 0 saturated heterocycles. The van der Waals surface area contributed by atoms with Crippen molar-refractivity contribution in [1.29, 1.82) is 0 Å². The zero-order valence-electron chi connectivity index (χ0n) is 7.06. The van der Waals surface area contributed by atoms with Gasteiger partial charge in [-0.2, -0.15) is 0 Å². The second-order valence-corrected chi connectivity index (χ2v) is 2.58. The molecular weight excluding hydrogens is 158 g/mol. The minimum absolute atomic E-state index is 0.513. The summed E-state index contributed by atoms with van der Waals surface area (Å²) in [4.78, 5) is 10.7. The van der Waals surface area contributed by atoms with Gasteiger partial charge in [-0.25, -0.2) is 9.48 Å². The van der Waals surface area contributed by atoms with E-state index in [1.54, 1.807) is 20.0 Å². The number of rotatable bonds is 3. The molecule has 0 aliphatic carbocycles. The van der Waals surface area contributed by atoms with Crippen molar-refractivity contribution in [2.75, 3.05) is 0 Å². The lowest BCUT2D eigenvalue weighted by molar-refractivity contribution is -0.141. The van der Waals surface area contributed by atoms with E-state index in [4.69, 9.17) is 5.11 Å². The van der Waals surface area contributed by atoms with E-state index < -0.39 is 12.0 Å². The summed E-state index contributed by atoms with van der Waals surface area (Å²) in [6, 6.07) is -0.590.